The van der Waals surface area contributed by atoms with Gasteiger partial charge in [-0.15, -0.1) is 6.58 Å². The number of nitrogens with one attached hydrogen (secondary N) is 1. The molecule has 0 radical (unpaired) electrons. The standard InChI is InChI=1S/C13H21NO6/c1-5-6-8(10(15)16)7-9(11(17)18)14-12(19)20-13(2,3)4/h5,8-9H,1,6-7H2,2-4H3,(H,14,19)(H,15,16)(H,17,18). The Hall–Kier alpha value is -2.05. The fourth-order valence-electron chi connectivity index (χ4n) is 1.45. The monoisotopic (exact) mass is 287 g/mol. The molecule has 0 heterocycles. The van der Waals surface area contributed by atoms with Crippen molar-refractivity contribution in [2.75, 3.05) is 0 Å². The maximum Gasteiger partial charge on any atom is 0.408 e. The van der Waals surface area contributed by atoms with Gasteiger partial charge in [0.15, 0.2) is 0 Å². The summed E-state index contributed by atoms with van der Waals surface area (Å²) in [5.74, 6) is -3.38. The second-order valence-corrected chi connectivity index (χ2v) is 5.33. The van der Waals surface area contributed by atoms with E-state index in [1.54, 1.807) is 20.8 Å². The molecule has 1 amide bonds. The Kier molecular flexibility index (Phi) is 6.75. The predicted octanol–water partition coefficient (Wildman–Crippen LogP) is 1.63. The lowest BCUT2D eigenvalue weighted by Gasteiger charge is -2.23. The van der Waals surface area contributed by atoms with Crippen LogP contribution in [0.3, 0.4) is 0 Å². The van der Waals surface area contributed by atoms with E-state index in [1.165, 1.54) is 6.08 Å². The average molecular weight is 287 g/mol. The highest BCUT2D eigenvalue weighted by molar-refractivity contribution is 5.81. The minimum Gasteiger partial charge on any atom is -0.481 e. The van der Waals surface area contributed by atoms with Crippen LogP contribution in [0.4, 0.5) is 4.79 Å². The molecular formula is C13H21NO6. The van der Waals surface area contributed by atoms with Gasteiger partial charge in [0.05, 0.1) is 5.92 Å². The molecule has 0 aromatic rings. The molecular weight excluding hydrogens is 266 g/mol. The second kappa shape index (κ2) is 7.52. The number of rotatable bonds is 7. The zero-order valence-corrected chi connectivity index (χ0v) is 11.9. The van der Waals surface area contributed by atoms with Gasteiger partial charge in [-0.2, -0.15) is 0 Å². The predicted molar refractivity (Wildman–Crippen MR) is 71.4 cm³/mol. The maximum atomic E-state index is 11.5. The van der Waals surface area contributed by atoms with Gasteiger partial charge in [0, 0.05) is 0 Å². The van der Waals surface area contributed by atoms with Crippen LogP contribution in [-0.4, -0.2) is 39.9 Å². The number of carboxylic acids is 2. The van der Waals surface area contributed by atoms with Crippen molar-refractivity contribution >= 4 is 18.0 Å². The van der Waals surface area contributed by atoms with E-state index in [-0.39, 0.29) is 12.8 Å². The van der Waals surface area contributed by atoms with Gasteiger partial charge in [0.1, 0.15) is 11.6 Å². The van der Waals surface area contributed by atoms with Crippen molar-refractivity contribution in [3.05, 3.63) is 12.7 Å². The molecule has 0 spiro atoms. The molecule has 0 fully saturated rings. The number of aliphatic carboxylic acids is 2. The summed E-state index contributed by atoms with van der Waals surface area (Å²) in [4.78, 5) is 33.6. The number of hydrogen-bond acceptors (Lipinski definition) is 4. The van der Waals surface area contributed by atoms with Gasteiger partial charge < -0.3 is 20.3 Å². The van der Waals surface area contributed by atoms with Crippen molar-refractivity contribution in [1.82, 2.24) is 5.32 Å². The Morgan fingerprint density at radius 3 is 2.15 bits per heavy atom. The van der Waals surface area contributed by atoms with E-state index < -0.39 is 35.6 Å². The summed E-state index contributed by atoms with van der Waals surface area (Å²) in [5.41, 5.74) is -0.763. The fourth-order valence-corrected chi connectivity index (χ4v) is 1.45. The van der Waals surface area contributed by atoms with E-state index in [4.69, 9.17) is 14.9 Å². The summed E-state index contributed by atoms with van der Waals surface area (Å²) in [5, 5.41) is 20.2. The number of amides is 1. The molecule has 0 saturated carbocycles. The summed E-state index contributed by atoms with van der Waals surface area (Å²) in [6.45, 7) is 8.34. The highest BCUT2D eigenvalue weighted by Gasteiger charge is 2.29. The Morgan fingerprint density at radius 2 is 1.80 bits per heavy atom. The molecule has 2 atom stereocenters. The van der Waals surface area contributed by atoms with Gasteiger partial charge >= 0.3 is 18.0 Å². The molecule has 0 rings (SSSR count). The van der Waals surface area contributed by atoms with Crippen molar-refractivity contribution in [2.24, 2.45) is 5.92 Å². The number of carbonyl (C=O) groups is 3. The van der Waals surface area contributed by atoms with Crippen molar-refractivity contribution in [3.63, 3.8) is 0 Å². The molecule has 7 nitrogen and oxygen atoms in total. The van der Waals surface area contributed by atoms with Gasteiger partial charge in [-0.1, -0.05) is 6.08 Å². The molecule has 0 bridgehead atoms. The molecule has 0 aliphatic rings. The molecule has 0 aliphatic carbocycles. The van der Waals surface area contributed by atoms with Crippen LogP contribution in [-0.2, 0) is 14.3 Å². The zero-order valence-electron chi connectivity index (χ0n) is 11.9. The molecule has 114 valence electrons. The van der Waals surface area contributed by atoms with Crippen LogP contribution in [0.25, 0.3) is 0 Å². The number of hydrogen-bond donors (Lipinski definition) is 3. The van der Waals surface area contributed by atoms with Crippen LogP contribution in [0.1, 0.15) is 33.6 Å². The normalized spacial score (nSPS) is 13.9. The van der Waals surface area contributed by atoms with Crippen LogP contribution in [0.2, 0.25) is 0 Å². The van der Waals surface area contributed by atoms with Crippen molar-refractivity contribution in [3.8, 4) is 0 Å². The highest BCUT2D eigenvalue weighted by atomic mass is 16.6. The van der Waals surface area contributed by atoms with Crippen molar-refractivity contribution in [1.29, 1.82) is 0 Å². The van der Waals surface area contributed by atoms with E-state index in [9.17, 15) is 14.4 Å². The molecule has 0 aromatic heterocycles. The van der Waals surface area contributed by atoms with Gasteiger partial charge in [0.2, 0.25) is 0 Å². The Morgan fingerprint density at radius 1 is 1.25 bits per heavy atom. The van der Waals surface area contributed by atoms with E-state index in [2.05, 4.69) is 11.9 Å². The molecule has 0 saturated heterocycles. The minimum atomic E-state index is -1.33. The van der Waals surface area contributed by atoms with Crippen LogP contribution in [0, 0.1) is 5.92 Å². The van der Waals surface area contributed by atoms with Crippen molar-refractivity contribution in [2.45, 2.75) is 45.3 Å². The van der Waals surface area contributed by atoms with E-state index in [0.717, 1.165) is 0 Å². The van der Waals surface area contributed by atoms with Crippen LogP contribution >= 0.6 is 0 Å². The second-order valence-electron chi connectivity index (χ2n) is 5.33. The van der Waals surface area contributed by atoms with Crippen LogP contribution < -0.4 is 5.32 Å². The molecule has 0 aromatic carbocycles. The molecule has 20 heavy (non-hydrogen) atoms. The Bertz CT molecular complexity index is 385. The number of allylic oxidation sites excluding steroid dienone is 1. The third-order valence-corrected chi connectivity index (χ3v) is 2.31. The zero-order chi connectivity index (χ0) is 15.9. The molecule has 3 N–H and O–H groups in total. The van der Waals surface area contributed by atoms with E-state index >= 15 is 0 Å². The smallest absolute Gasteiger partial charge is 0.408 e. The highest BCUT2D eigenvalue weighted by Crippen LogP contribution is 2.14. The maximum absolute atomic E-state index is 11.5. The molecule has 0 aliphatic heterocycles. The van der Waals surface area contributed by atoms with E-state index in [0.29, 0.717) is 0 Å². The largest absolute Gasteiger partial charge is 0.481 e. The number of carbonyl (C=O) groups excluding carboxylic acids is 1. The molecule has 7 heteroatoms. The summed E-state index contributed by atoms with van der Waals surface area (Å²) >= 11 is 0. The number of ether oxygens (including phenoxy) is 1. The van der Waals surface area contributed by atoms with Crippen molar-refractivity contribution < 1.29 is 29.3 Å². The van der Waals surface area contributed by atoms with Gasteiger partial charge in [-0.25, -0.2) is 9.59 Å². The van der Waals surface area contributed by atoms with Crippen LogP contribution in [0.5, 0.6) is 0 Å². The first-order chi connectivity index (χ1) is 9.06. The lowest BCUT2D eigenvalue weighted by molar-refractivity contribution is -0.144. The third kappa shape index (κ3) is 7.40. The fraction of sp³-hybridized carbons (Fsp3) is 0.615. The van der Waals surface area contributed by atoms with Gasteiger partial charge in [0.25, 0.3) is 0 Å². The van der Waals surface area contributed by atoms with E-state index in [1.807, 2.05) is 0 Å². The lowest BCUT2D eigenvalue weighted by Crippen LogP contribution is -2.45. The Labute approximate surface area is 117 Å². The van der Waals surface area contributed by atoms with Gasteiger partial charge in [-0.3, -0.25) is 4.79 Å². The summed E-state index contributed by atoms with van der Waals surface area (Å²) in [6, 6.07) is -1.33. The summed E-state index contributed by atoms with van der Waals surface area (Å²) < 4.78 is 4.94. The van der Waals surface area contributed by atoms with Gasteiger partial charge in [-0.05, 0) is 33.6 Å². The summed E-state index contributed by atoms with van der Waals surface area (Å²) in [6.07, 6.45) is 0.378. The SMILES string of the molecule is C=CCC(CC(NC(=O)OC(C)(C)C)C(=O)O)C(=O)O. The first kappa shape index (κ1) is 17.9. The first-order valence-electron chi connectivity index (χ1n) is 6.13. The molecule has 2 unspecified atom stereocenters. The average Bonchev–Trinajstić information content (AvgIpc) is 2.24. The Balaban J connectivity index is 4.73. The lowest BCUT2D eigenvalue weighted by atomic mass is 9.96. The van der Waals surface area contributed by atoms with Crippen LogP contribution in [0.15, 0.2) is 12.7 Å². The third-order valence-electron chi connectivity index (χ3n) is 2.31. The number of alkyl carbamates (subject to hydrolysis) is 1. The minimum absolute atomic E-state index is 0.120. The summed E-state index contributed by atoms with van der Waals surface area (Å²) in [7, 11) is 0. The number of carboxylic acid groups (broad SMARTS) is 2. The first-order valence-corrected chi connectivity index (χ1v) is 6.13. The topological polar surface area (TPSA) is 113 Å². The quantitative estimate of drug-likeness (QED) is 0.613.